The molecule has 1 atom stereocenters. The van der Waals surface area contributed by atoms with Crippen LogP contribution in [-0.2, 0) is 20.9 Å². The highest BCUT2D eigenvalue weighted by atomic mass is 35.5. The number of rotatable bonds is 5. The minimum absolute atomic E-state index is 0.00855. The zero-order valence-electron chi connectivity index (χ0n) is 17.4. The van der Waals surface area contributed by atoms with Crippen LogP contribution in [0.4, 0.5) is 5.69 Å². The number of ether oxygens (including phenoxy) is 1. The van der Waals surface area contributed by atoms with Crippen LogP contribution in [-0.4, -0.2) is 16.7 Å². The van der Waals surface area contributed by atoms with Gasteiger partial charge < -0.3 is 10.1 Å². The van der Waals surface area contributed by atoms with E-state index in [1.165, 1.54) is 12.1 Å². The third-order valence-corrected chi connectivity index (χ3v) is 6.03. The highest BCUT2D eigenvalue weighted by Gasteiger charge is 2.39. The average molecular weight is 453 g/mol. The van der Waals surface area contributed by atoms with E-state index in [2.05, 4.69) is 5.32 Å². The second-order valence-electron chi connectivity index (χ2n) is 7.80. The number of esters is 1. The van der Waals surface area contributed by atoms with Crippen LogP contribution in [0.25, 0.3) is 0 Å². The summed E-state index contributed by atoms with van der Waals surface area (Å²) in [7, 11) is 0. The Morgan fingerprint density at radius 3 is 2.69 bits per heavy atom. The van der Waals surface area contributed by atoms with Crippen molar-refractivity contribution in [2.24, 2.45) is 0 Å². The van der Waals surface area contributed by atoms with Crippen molar-refractivity contribution in [2.75, 3.05) is 0 Å². The van der Waals surface area contributed by atoms with Crippen LogP contribution in [0.3, 0.4) is 0 Å². The van der Waals surface area contributed by atoms with Crippen LogP contribution in [0, 0.1) is 10.1 Å². The van der Waals surface area contributed by atoms with E-state index in [1.807, 2.05) is 30.3 Å². The molecule has 0 saturated carbocycles. The molecule has 0 radical (unpaired) electrons. The first kappa shape index (κ1) is 21.8. The number of allylic oxidation sites excluding steroid dienone is 3. The normalized spacial score (nSPS) is 18.2. The van der Waals surface area contributed by atoms with Crippen LogP contribution < -0.4 is 5.32 Å². The van der Waals surface area contributed by atoms with E-state index < -0.39 is 16.8 Å². The Morgan fingerprint density at radius 1 is 1.22 bits per heavy atom. The van der Waals surface area contributed by atoms with Gasteiger partial charge in [0.05, 0.1) is 10.5 Å². The topological polar surface area (TPSA) is 98.5 Å². The van der Waals surface area contributed by atoms with Gasteiger partial charge in [0.15, 0.2) is 5.78 Å². The minimum atomic E-state index is -0.765. The number of carbonyl (C=O) groups is 2. The molecule has 8 heteroatoms. The summed E-state index contributed by atoms with van der Waals surface area (Å²) in [6.45, 7) is 1.82. The number of dihydropyridines is 1. The lowest BCUT2D eigenvalue weighted by Crippen LogP contribution is -2.34. The summed E-state index contributed by atoms with van der Waals surface area (Å²) in [4.78, 5) is 37.0. The third kappa shape index (κ3) is 4.16. The van der Waals surface area contributed by atoms with E-state index in [4.69, 9.17) is 16.3 Å². The van der Waals surface area contributed by atoms with Gasteiger partial charge in [-0.05, 0) is 37.0 Å². The quantitative estimate of drug-likeness (QED) is 0.391. The molecule has 0 amide bonds. The van der Waals surface area contributed by atoms with Gasteiger partial charge in [-0.25, -0.2) is 4.79 Å². The average Bonchev–Trinajstić information content (AvgIpc) is 2.77. The molecule has 1 aliphatic carbocycles. The molecule has 1 heterocycles. The SMILES string of the molecule is CC1=C(C(=O)OCc2ccccc2)C(c2ccc(Cl)c([N+](=O)[O-])c2)C2=C(CCCC2=O)N1. The zero-order chi connectivity index (χ0) is 22.8. The first-order chi connectivity index (χ1) is 15.4. The molecule has 7 nitrogen and oxygen atoms in total. The summed E-state index contributed by atoms with van der Waals surface area (Å²) < 4.78 is 5.58. The summed E-state index contributed by atoms with van der Waals surface area (Å²) in [6.07, 6.45) is 1.73. The predicted molar refractivity (Wildman–Crippen MR) is 119 cm³/mol. The Hall–Kier alpha value is -3.45. The maximum Gasteiger partial charge on any atom is 0.337 e. The molecule has 1 unspecified atom stereocenters. The number of benzene rings is 2. The Bertz CT molecular complexity index is 1170. The molecule has 4 rings (SSSR count). The van der Waals surface area contributed by atoms with Crippen LogP contribution in [0.2, 0.25) is 5.02 Å². The summed E-state index contributed by atoms with van der Waals surface area (Å²) in [5.74, 6) is -1.42. The Balaban J connectivity index is 1.77. The van der Waals surface area contributed by atoms with Gasteiger partial charge in [-0.3, -0.25) is 14.9 Å². The van der Waals surface area contributed by atoms with E-state index >= 15 is 0 Å². The lowest BCUT2D eigenvalue weighted by Gasteiger charge is -2.34. The Kier molecular flexibility index (Phi) is 6.10. The minimum Gasteiger partial charge on any atom is -0.457 e. The maximum absolute atomic E-state index is 13.2. The highest BCUT2D eigenvalue weighted by Crippen LogP contribution is 2.44. The fourth-order valence-corrected chi connectivity index (χ4v) is 4.42. The summed E-state index contributed by atoms with van der Waals surface area (Å²) in [5, 5.41) is 14.7. The molecular weight excluding hydrogens is 432 g/mol. The molecule has 1 aliphatic heterocycles. The number of nitro benzene ring substituents is 1. The third-order valence-electron chi connectivity index (χ3n) is 5.71. The van der Waals surface area contributed by atoms with Gasteiger partial charge in [-0.15, -0.1) is 0 Å². The molecular formula is C24H21ClN2O5. The van der Waals surface area contributed by atoms with Crippen LogP contribution in [0.5, 0.6) is 0 Å². The number of nitrogens with one attached hydrogen (secondary N) is 1. The fraction of sp³-hybridized carbons (Fsp3) is 0.250. The number of carbonyl (C=O) groups excluding carboxylic acids is 2. The number of hydrogen-bond donors (Lipinski definition) is 1. The maximum atomic E-state index is 13.2. The molecule has 0 spiro atoms. The lowest BCUT2D eigenvalue weighted by atomic mass is 9.75. The fourth-order valence-electron chi connectivity index (χ4n) is 4.24. The van der Waals surface area contributed by atoms with E-state index in [0.717, 1.165) is 11.3 Å². The smallest absolute Gasteiger partial charge is 0.337 e. The molecule has 0 bridgehead atoms. The van der Waals surface area contributed by atoms with Crippen molar-refractivity contribution in [3.63, 3.8) is 0 Å². The number of halogens is 1. The predicted octanol–water partition coefficient (Wildman–Crippen LogP) is 4.96. The molecule has 2 aromatic carbocycles. The van der Waals surface area contributed by atoms with Crippen molar-refractivity contribution in [2.45, 2.75) is 38.7 Å². The van der Waals surface area contributed by atoms with Gasteiger partial charge in [-0.1, -0.05) is 48.0 Å². The van der Waals surface area contributed by atoms with Crippen molar-refractivity contribution in [1.82, 2.24) is 5.32 Å². The second kappa shape index (κ2) is 8.96. The van der Waals surface area contributed by atoms with Crippen molar-refractivity contribution in [1.29, 1.82) is 0 Å². The zero-order valence-corrected chi connectivity index (χ0v) is 18.1. The summed E-state index contributed by atoms with van der Waals surface area (Å²) >= 11 is 6.00. The molecule has 1 N–H and O–H groups in total. The summed E-state index contributed by atoms with van der Waals surface area (Å²) in [5.41, 5.74) is 3.06. The highest BCUT2D eigenvalue weighted by molar-refractivity contribution is 6.32. The number of Topliss-reactive ketones (excluding diaryl/α,β-unsaturated/α-hetero) is 1. The van der Waals surface area contributed by atoms with Crippen molar-refractivity contribution < 1.29 is 19.2 Å². The van der Waals surface area contributed by atoms with Crippen molar-refractivity contribution in [3.8, 4) is 0 Å². The number of nitrogens with zero attached hydrogens (tertiary/aromatic N) is 1. The molecule has 2 aromatic rings. The first-order valence-electron chi connectivity index (χ1n) is 10.3. The van der Waals surface area contributed by atoms with Crippen LogP contribution in [0.1, 0.15) is 43.2 Å². The van der Waals surface area contributed by atoms with E-state index in [1.54, 1.807) is 13.0 Å². The van der Waals surface area contributed by atoms with Gasteiger partial charge in [-0.2, -0.15) is 0 Å². The number of hydrogen-bond acceptors (Lipinski definition) is 6. The monoisotopic (exact) mass is 452 g/mol. The molecule has 0 fully saturated rings. The number of ketones is 1. The number of nitro groups is 1. The van der Waals surface area contributed by atoms with Gasteiger partial charge in [0.1, 0.15) is 11.6 Å². The Morgan fingerprint density at radius 2 is 1.97 bits per heavy atom. The van der Waals surface area contributed by atoms with Crippen molar-refractivity contribution in [3.05, 3.63) is 97.3 Å². The van der Waals surface area contributed by atoms with Gasteiger partial charge >= 0.3 is 5.97 Å². The van der Waals surface area contributed by atoms with E-state index in [0.29, 0.717) is 36.1 Å². The van der Waals surface area contributed by atoms with Crippen LogP contribution in [0.15, 0.2) is 71.1 Å². The van der Waals surface area contributed by atoms with Gasteiger partial charge in [0.25, 0.3) is 5.69 Å². The van der Waals surface area contributed by atoms with Gasteiger partial charge in [0.2, 0.25) is 0 Å². The van der Waals surface area contributed by atoms with Crippen LogP contribution >= 0.6 is 11.6 Å². The van der Waals surface area contributed by atoms with E-state index in [9.17, 15) is 19.7 Å². The van der Waals surface area contributed by atoms with E-state index in [-0.39, 0.29) is 28.7 Å². The van der Waals surface area contributed by atoms with Gasteiger partial charge in [0, 0.05) is 35.4 Å². The summed E-state index contributed by atoms with van der Waals surface area (Å²) in [6, 6.07) is 13.6. The molecule has 2 aliphatic rings. The molecule has 0 saturated heterocycles. The Labute approximate surface area is 189 Å². The largest absolute Gasteiger partial charge is 0.457 e. The standard InChI is InChI=1S/C24H21ClN2O5/c1-14-21(24(29)32-13-15-6-3-2-4-7-15)22(23-18(26-14)8-5-9-20(23)28)16-10-11-17(25)19(12-16)27(30)31/h2-4,6-7,10-12,22,26H,5,8-9,13H2,1H3. The van der Waals surface area contributed by atoms with Crippen molar-refractivity contribution >= 4 is 29.0 Å². The molecule has 32 heavy (non-hydrogen) atoms. The lowest BCUT2D eigenvalue weighted by molar-refractivity contribution is -0.384. The molecule has 0 aromatic heterocycles. The second-order valence-corrected chi connectivity index (χ2v) is 8.20. The first-order valence-corrected chi connectivity index (χ1v) is 10.6. The molecule has 164 valence electrons.